The molecule has 0 heterocycles. The maximum atomic E-state index is 11.9. The molecule has 0 atom stereocenters. The lowest BCUT2D eigenvalue weighted by atomic mass is 10.2. The van der Waals surface area contributed by atoms with Crippen molar-refractivity contribution in [2.45, 2.75) is 19.8 Å². The molecule has 0 unspecified atom stereocenters. The fraction of sp³-hybridized carbons (Fsp3) is 0.250. The lowest BCUT2D eigenvalue weighted by Crippen LogP contribution is -2.20. The number of ether oxygens (including phenoxy) is 2. The van der Waals surface area contributed by atoms with Crippen LogP contribution >= 0.6 is 0 Å². The third-order valence-corrected chi connectivity index (χ3v) is 3.52. The molecule has 0 aliphatic heterocycles. The number of benzene rings is 2. The van der Waals surface area contributed by atoms with Crippen molar-refractivity contribution in [3.63, 3.8) is 0 Å². The first-order chi connectivity index (χ1) is 12.6. The van der Waals surface area contributed by atoms with E-state index in [0.717, 1.165) is 19.1 Å². The molecule has 0 bridgehead atoms. The fourth-order valence-corrected chi connectivity index (χ4v) is 2.07. The molecule has 0 saturated carbocycles. The Morgan fingerprint density at radius 3 is 2.35 bits per heavy atom. The summed E-state index contributed by atoms with van der Waals surface area (Å²) in [6.07, 6.45) is 2.53. The van der Waals surface area contributed by atoms with E-state index in [0.29, 0.717) is 29.2 Å². The highest BCUT2D eigenvalue weighted by atomic mass is 16.5. The van der Waals surface area contributed by atoms with Crippen LogP contribution in [-0.2, 0) is 9.53 Å². The first kappa shape index (κ1) is 19.2. The van der Waals surface area contributed by atoms with Crippen LogP contribution in [0.2, 0.25) is 0 Å². The van der Waals surface area contributed by atoms with Gasteiger partial charge in [-0.05, 0) is 55.0 Å². The summed E-state index contributed by atoms with van der Waals surface area (Å²) in [5.74, 6) is -0.211. The summed E-state index contributed by atoms with van der Waals surface area (Å²) < 4.78 is 10.5. The Morgan fingerprint density at radius 1 is 1.04 bits per heavy atom. The minimum Gasteiger partial charge on any atom is -0.484 e. The molecular formula is C20H21NO5. The van der Waals surface area contributed by atoms with Crippen LogP contribution in [0.4, 0.5) is 5.69 Å². The molecule has 0 fully saturated rings. The molecule has 2 aromatic rings. The van der Waals surface area contributed by atoms with Crippen LogP contribution in [0.1, 0.15) is 40.5 Å². The normalized spacial score (nSPS) is 10.0. The summed E-state index contributed by atoms with van der Waals surface area (Å²) in [6, 6.07) is 12.9. The van der Waals surface area contributed by atoms with Gasteiger partial charge in [-0.3, -0.25) is 9.59 Å². The molecule has 1 amide bonds. The van der Waals surface area contributed by atoms with Crippen molar-refractivity contribution in [2.75, 3.05) is 18.5 Å². The maximum Gasteiger partial charge on any atom is 0.338 e. The van der Waals surface area contributed by atoms with E-state index in [1.165, 1.54) is 0 Å². The fourth-order valence-electron chi connectivity index (χ4n) is 2.07. The van der Waals surface area contributed by atoms with Crippen molar-refractivity contribution in [1.29, 1.82) is 0 Å². The van der Waals surface area contributed by atoms with Crippen molar-refractivity contribution < 1.29 is 23.9 Å². The number of carbonyl (C=O) groups excluding carboxylic acids is 3. The Labute approximate surface area is 152 Å². The number of anilines is 1. The van der Waals surface area contributed by atoms with Crippen LogP contribution in [0.5, 0.6) is 5.75 Å². The second-order valence-corrected chi connectivity index (χ2v) is 5.59. The molecule has 0 aromatic heterocycles. The molecule has 26 heavy (non-hydrogen) atoms. The molecule has 2 rings (SSSR count). The van der Waals surface area contributed by atoms with Gasteiger partial charge < -0.3 is 14.8 Å². The molecule has 136 valence electrons. The summed E-state index contributed by atoms with van der Waals surface area (Å²) in [5, 5.41) is 2.68. The minimum atomic E-state index is -0.376. The third kappa shape index (κ3) is 6.05. The maximum absolute atomic E-state index is 11.9. The number of hydrogen-bond donors (Lipinski definition) is 1. The van der Waals surface area contributed by atoms with E-state index in [9.17, 15) is 14.4 Å². The molecule has 0 radical (unpaired) electrons. The van der Waals surface area contributed by atoms with Crippen LogP contribution in [0.25, 0.3) is 0 Å². The highest BCUT2D eigenvalue weighted by Gasteiger charge is 2.08. The summed E-state index contributed by atoms with van der Waals surface area (Å²) >= 11 is 0. The average molecular weight is 355 g/mol. The summed E-state index contributed by atoms with van der Waals surface area (Å²) in [6.45, 7) is 2.26. The van der Waals surface area contributed by atoms with E-state index in [1.54, 1.807) is 48.5 Å². The van der Waals surface area contributed by atoms with Gasteiger partial charge in [0, 0.05) is 11.3 Å². The smallest absolute Gasteiger partial charge is 0.338 e. The van der Waals surface area contributed by atoms with Gasteiger partial charge >= 0.3 is 5.97 Å². The van der Waals surface area contributed by atoms with Gasteiger partial charge in [-0.25, -0.2) is 4.79 Å². The number of rotatable bonds is 9. The van der Waals surface area contributed by atoms with E-state index in [2.05, 4.69) is 5.32 Å². The van der Waals surface area contributed by atoms with Crippen LogP contribution in [-0.4, -0.2) is 31.4 Å². The van der Waals surface area contributed by atoms with Crippen LogP contribution in [0.3, 0.4) is 0 Å². The number of hydrogen-bond acceptors (Lipinski definition) is 5. The number of esters is 1. The Morgan fingerprint density at radius 2 is 1.73 bits per heavy atom. The van der Waals surface area contributed by atoms with Gasteiger partial charge in [0.1, 0.15) is 12.0 Å². The van der Waals surface area contributed by atoms with E-state index < -0.39 is 0 Å². The van der Waals surface area contributed by atoms with Crippen molar-refractivity contribution in [3.8, 4) is 5.75 Å². The van der Waals surface area contributed by atoms with Crippen molar-refractivity contribution in [2.24, 2.45) is 0 Å². The molecular weight excluding hydrogens is 334 g/mol. The van der Waals surface area contributed by atoms with E-state index >= 15 is 0 Å². The summed E-state index contributed by atoms with van der Waals surface area (Å²) in [7, 11) is 0. The van der Waals surface area contributed by atoms with Gasteiger partial charge in [-0.1, -0.05) is 13.3 Å². The predicted octanol–water partition coefficient (Wildman–Crippen LogP) is 3.47. The van der Waals surface area contributed by atoms with Gasteiger partial charge in [0.15, 0.2) is 6.61 Å². The Hall–Kier alpha value is -3.15. The van der Waals surface area contributed by atoms with Gasteiger partial charge in [0.25, 0.3) is 5.91 Å². The average Bonchev–Trinajstić information content (AvgIpc) is 2.67. The molecule has 0 spiro atoms. The van der Waals surface area contributed by atoms with Gasteiger partial charge in [-0.15, -0.1) is 0 Å². The SMILES string of the molecule is CCCCOC(=O)c1ccc(NC(=O)COc2ccc(C=O)cc2)cc1. The number of aldehydes is 1. The van der Waals surface area contributed by atoms with E-state index in [-0.39, 0.29) is 18.5 Å². The highest BCUT2D eigenvalue weighted by molar-refractivity contribution is 5.93. The summed E-state index contributed by atoms with van der Waals surface area (Å²) in [4.78, 5) is 34.3. The van der Waals surface area contributed by atoms with Gasteiger partial charge in [0.05, 0.1) is 12.2 Å². The van der Waals surface area contributed by atoms with Gasteiger partial charge in [-0.2, -0.15) is 0 Å². The van der Waals surface area contributed by atoms with Crippen LogP contribution < -0.4 is 10.1 Å². The Kier molecular flexibility index (Phi) is 7.36. The molecule has 2 aromatic carbocycles. The molecule has 0 aliphatic rings. The van der Waals surface area contributed by atoms with Crippen LogP contribution in [0, 0.1) is 0 Å². The number of nitrogens with one attached hydrogen (secondary N) is 1. The molecule has 0 aliphatic carbocycles. The second kappa shape index (κ2) is 9.98. The topological polar surface area (TPSA) is 81.7 Å². The number of carbonyl (C=O) groups is 3. The zero-order valence-corrected chi connectivity index (χ0v) is 14.6. The lowest BCUT2D eigenvalue weighted by Gasteiger charge is -2.08. The monoisotopic (exact) mass is 355 g/mol. The predicted molar refractivity (Wildman–Crippen MR) is 97.6 cm³/mol. The van der Waals surface area contributed by atoms with Crippen molar-refractivity contribution >= 4 is 23.9 Å². The standard InChI is InChI=1S/C20H21NO5/c1-2-3-12-25-20(24)16-6-8-17(9-7-16)21-19(23)14-26-18-10-4-15(13-22)5-11-18/h4-11,13H,2-3,12,14H2,1H3,(H,21,23). The number of amides is 1. The lowest BCUT2D eigenvalue weighted by molar-refractivity contribution is -0.118. The third-order valence-electron chi connectivity index (χ3n) is 3.52. The van der Waals surface area contributed by atoms with Gasteiger partial charge in [0.2, 0.25) is 0 Å². The highest BCUT2D eigenvalue weighted by Crippen LogP contribution is 2.13. The molecule has 6 nitrogen and oxygen atoms in total. The first-order valence-electron chi connectivity index (χ1n) is 8.37. The Balaban J connectivity index is 1.80. The van der Waals surface area contributed by atoms with E-state index in [1.807, 2.05) is 6.92 Å². The van der Waals surface area contributed by atoms with E-state index in [4.69, 9.17) is 9.47 Å². The largest absolute Gasteiger partial charge is 0.484 e. The molecule has 1 N–H and O–H groups in total. The van der Waals surface area contributed by atoms with Crippen molar-refractivity contribution in [1.82, 2.24) is 0 Å². The zero-order valence-electron chi connectivity index (χ0n) is 14.6. The second-order valence-electron chi connectivity index (χ2n) is 5.59. The zero-order chi connectivity index (χ0) is 18.8. The minimum absolute atomic E-state index is 0.165. The van der Waals surface area contributed by atoms with Crippen molar-refractivity contribution in [3.05, 3.63) is 59.7 Å². The first-order valence-corrected chi connectivity index (χ1v) is 8.37. The quantitative estimate of drug-likeness (QED) is 0.423. The Bertz CT molecular complexity index is 738. The van der Waals surface area contributed by atoms with Crippen LogP contribution in [0.15, 0.2) is 48.5 Å². The number of unbranched alkanes of at least 4 members (excludes halogenated alkanes) is 1. The molecule has 6 heteroatoms. The molecule has 0 saturated heterocycles. The summed E-state index contributed by atoms with van der Waals surface area (Å²) in [5.41, 5.74) is 1.53.